The summed E-state index contributed by atoms with van der Waals surface area (Å²) >= 11 is 15.6. The van der Waals surface area contributed by atoms with Gasteiger partial charge in [-0.05, 0) is 12.2 Å². The molecule has 1 nitrogen and oxygen atoms in total. The highest BCUT2D eigenvalue weighted by atomic mass is 35.5. The zero-order valence-corrected chi connectivity index (χ0v) is 7.39. The summed E-state index contributed by atoms with van der Waals surface area (Å²) in [7, 11) is 0. The van der Waals surface area contributed by atoms with Gasteiger partial charge in [0.15, 0.2) is 5.05 Å². The van der Waals surface area contributed by atoms with E-state index in [-0.39, 0.29) is 5.38 Å². The number of hydrogen-bond donors (Lipinski definition) is 0. The number of rotatable bonds is 3. The highest BCUT2D eigenvalue weighted by Gasteiger charge is 2.01. The Kier molecular flexibility index (Phi) is 5.55. The topological polar surface area (TPSA) is 9.23 Å². The maximum Gasteiger partial charge on any atom is 0.156 e. The summed E-state index contributed by atoms with van der Waals surface area (Å²) in [5.74, 6) is 0.393. The molecule has 0 bridgehead atoms. The Morgan fingerprint density at radius 2 is 2.33 bits per heavy atom. The van der Waals surface area contributed by atoms with Crippen molar-refractivity contribution in [1.82, 2.24) is 0 Å². The van der Waals surface area contributed by atoms with Crippen LogP contribution in [-0.2, 0) is 4.74 Å². The molecular weight excluding hydrogens is 179 g/mol. The molecule has 0 aromatic carbocycles. The van der Waals surface area contributed by atoms with E-state index in [9.17, 15) is 0 Å². The average molecular weight is 187 g/mol. The van der Waals surface area contributed by atoms with Crippen LogP contribution in [-0.4, -0.2) is 22.9 Å². The number of hydrogen-bond acceptors (Lipinski definition) is 2. The van der Waals surface area contributed by atoms with Gasteiger partial charge in [-0.15, -0.1) is 23.2 Å². The molecule has 0 radical (unpaired) electrons. The van der Waals surface area contributed by atoms with E-state index in [1.165, 1.54) is 0 Å². The van der Waals surface area contributed by atoms with Crippen molar-refractivity contribution in [2.75, 3.05) is 12.5 Å². The van der Waals surface area contributed by atoms with Crippen molar-refractivity contribution in [1.29, 1.82) is 0 Å². The molecule has 0 saturated heterocycles. The van der Waals surface area contributed by atoms with Crippen molar-refractivity contribution in [2.45, 2.75) is 12.3 Å². The van der Waals surface area contributed by atoms with Crippen molar-refractivity contribution in [3.63, 3.8) is 0 Å². The van der Waals surface area contributed by atoms with Gasteiger partial charge in [-0.3, -0.25) is 0 Å². The van der Waals surface area contributed by atoms with Crippen molar-refractivity contribution in [2.24, 2.45) is 0 Å². The van der Waals surface area contributed by atoms with E-state index in [2.05, 4.69) is 12.2 Å². The lowest BCUT2D eigenvalue weighted by Crippen LogP contribution is -2.12. The van der Waals surface area contributed by atoms with Crippen LogP contribution in [0, 0.1) is 0 Å². The Bertz CT molecular complexity index is 97.0. The zero-order chi connectivity index (χ0) is 7.28. The van der Waals surface area contributed by atoms with E-state index < -0.39 is 0 Å². The van der Waals surface area contributed by atoms with Gasteiger partial charge in [-0.2, -0.15) is 0 Å². The van der Waals surface area contributed by atoms with E-state index in [4.69, 9.17) is 27.9 Å². The molecule has 0 fully saturated rings. The fourth-order valence-corrected chi connectivity index (χ4v) is 0.472. The SMILES string of the molecule is CC(=S)OC[C@H](Cl)CCl. The number of thiocarbonyl (C=S) groups is 1. The first kappa shape index (κ1) is 9.47. The Labute approximate surface area is 70.3 Å². The first-order valence-electron chi connectivity index (χ1n) is 2.50. The van der Waals surface area contributed by atoms with E-state index in [1.807, 2.05) is 0 Å². The van der Waals surface area contributed by atoms with Crippen LogP contribution in [0.3, 0.4) is 0 Å². The maximum absolute atomic E-state index is 5.59. The largest absolute Gasteiger partial charge is 0.486 e. The van der Waals surface area contributed by atoms with Crippen LogP contribution in [0.25, 0.3) is 0 Å². The van der Waals surface area contributed by atoms with Crippen molar-refractivity contribution in [3.05, 3.63) is 0 Å². The van der Waals surface area contributed by atoms with Crippen molar-refractivity contribution in [3.8, 4) is 0 Å². The first-order chi connectivity index (χ1) is 4.16. The second kappa shape index (κ2) is 5.27. The van der Waals surface area contributed by atoms with Crippen LogP contribution >= 0.6 is 35.4 Å². The minimum atomic E-state index is -0.135. The molecule has 4 heteroatoms. The maximum atomic E-state index is 5.59. The van der Waals surface area contributed by atoms with Gasteiger partial charge in [0.05, 0.1) is 5.38 Å². The fourth-order valence-electron chi connectivity index (χ4n) is 0.252. The van der Waals surface area contributed by atoms with Crippen LogP contribution in [0.5, 0.6) is 0 Å². The van der Waals surface area contributed by atoms with Crippen LogP contribution in [0.1, 0.15) is 6.92 Å². The summed E-state index contributed by atoms with van der Waals surface area (Å²) in [5, 5.41) is 0.371. The lowest BCUT2D eigenvalue weighted by atomic mass is 10.5. The summed E-state index contributed by atoms with van der Waals surface area (Å²) in [6.07, 6.45) is 0. The smallest absolute Gasteiger partial charge is 0.156 e. The van der Waals surface area contributed by atoms with Crippen LogP contribution in [0.15, 0.2) is 0 Å². The molecule has 54 valence electrons. The third-order valence-electron chi connectivity index (χ3n) is 0.635. The summed E-state index contributed by atoms with van der Waals surface area (Å²) in [6, 6.07) is 0. The molecule has 0 aliphatic heterocycles. The number of halogens is 2. The van der Waals surface area contributed by atoms with Crippen molar-refractivity contribution >= 4 is 40.5 Å². The van der Waals surface area contributed by atoms with Crippen molar-refractivity contribution < 1.29 is 4.74 Å². The normalized spacial score (nSPS) is 12.8. The quantitative estimate of drug-likeness (QED) is 0.494. The molecule has 0 aromatic rings. The lowest BCUT2D eigenvalue weighted by Gasteiger charge is -2.05. The molecule has 0 N–H and O–H groups in total. The second-order valence-electron chi connectivity index (χ2n) is 1.55. The number of ether oxygens (including phenoxy) is 1. The van der Waals surface area contributed by atoms with Gasteiger partial charge in [0.1, 0.15) is 6.61 Å². The summed E-state index contributed by atoms with van der Waals surface area (Å²) in [6.45, 7) is 2.10. The van der Waals surface area contributed by atoms with Gasteiger partial charge < -0.3 is 4.74 Å². The van der Waals surface area contributed by atoms with Gasteiger partial charge >= 0.3 is 0 Å². The molecule has 0 spiro atoms. The predicted molar refractivity (Wildman–Crippen MR) is 44.6 cm³/mol. The molecule has 0 heterocycles. The standard InChI is InChI=1S/C5H8Cl2OS/c1-4(9)8-3-5(7)2-6/h5H,2-3H2,1H3/t5-/m1/s1. The Balaban J connectivity index is 3.16. The van der Waals surface area contributed by atoms with E-state index in [0.29, 0.717) is 17.5 Å². The zero-order valence-electron chi connectivity index (χ0n) is 5.06. The molecule has 0 aliphatic carbocycles. The van der Waals surface area contributed by atoms with Crippen LogP contribution in [0.4, 0.5) is 0 Å². The molecule has 0 aliphatic rings. The van der Waals surface area contributed by atoms with E-state index in [0.717, 1.165) is 0 Å². The molecule has 9 heavy (non-hydrogen) atoms. The van der Waals surface area contributed by atoms with E-state index in [1.54, 1.807) is 6.92 Å². The third-order valence-corrected chi connectivity index (χ3v) is 1.56. The van der Waals surface area contributed by atoms with Crippen LogP contribution < -0.4 is 0 Å². The highest BCUT2D eigenvalue weighted by Crippen LogP contribution is 1.99. The fraction of sp³-hybridized carbons (Fsp3) is 0.800. The average Bonchev–Trinajstić information content (AvgIpc) is 1.83. The first-order valence-corrected chi connectivity index (χ1v) is 3.88. The minimum absolute atomic E-state index is 0.135. The Morgan fingerprint density at radius 3 is 2.67 bits per heavy atom. The third kappa shape index (κ3) is 6.35. The summed E-state index contributed by atoms with van der Waals surface area (Å²) in [5.41, 5.74) is 0. The molecule has 0 aromatic heterocycles. The Hall–Kier alpha value is 0.470. The molecule has 0 rings (SSSR count). The van der Waals surface area contributed by atoms with Gasteiger partial charge in [0.25, 0.3) is 0 Å². The minimum Gasteiger partial charge on any atom is -0.486 e. The summed E-state index contributed by atoms with van der Waals surface area (Å²) in [4.78, 5) is 0. The number of alkyl halides is 2. The molecule has 0 unspecified atom stereocenters. The summed E-state index contributed by atoms with van der Waals surface area (Å²) < 4.78 is 4.91. The highest BCUT2D eigenvalue weighted by molar-refractivity contribution is 7.80. The van der Waals surface area contributed by atoms with Gasteiger partial charge in [0.2, 0.25) is 0 Å². The van der Waals surface area contributed by atoms with Gasteiger partial charge in [0, 0.05) is 12.8 Å². The Morgan fingerprint density at radius 1 is 1.78 bits per heavy atom. The molecule has 1 atom stereocenters. The van der Waals surface area contributed by atoms with Gasteiger partial charge in [-0.1, -0.05) is 0 Å². The lowest BCUT2D eigenvalue weighted by molar-refractivity contribution is 0.314. The van der Waals surface area contributed by atoms with E-state index >= 15 is 0 Å². The molecular formula is C5H8Cl2OS. The second-order valence-corrected chi connectivity index (χ2v) is 3.05. The predicted octanol–water partition coefficient (Wildman–Crippen LogP) is 2.20. The van der Waals surface area contributed by atoms with Crippen LogP contribution in [0.2, 0.25) is 0 Å². The molecule has 0 saturated carbocycles. The monoisotopic (exact) mass is 186 g/mol. The molecule has 0 amide bonds. The van der Waals surface area contributed by atoms with Gasteiger partial charge in [-0.25, -0.2) is 0 Å².